The van der Waals surface area contributed by atoms with Crippen LogP contribution in [0.25, 0.3) is 0 Å². The summed E-state index contributed by atoms with van der Waals surface area (Å²) in [6.45, 7) is 3.89. The molecule has 0 heterocycles. The summed E-state index contributed by atoms with van der Waals surface area (Å²) in [4.78, 5) is 0. The first-order valence-electron chi connectivity index (χ1n) is 4.49. The Morgan fingerprint density at radius 2 is 2.15 bits per heavy atom. The Morgan fingerprint density at radius 3 is 2.62 bits per heavy atom. The van der Waals surface area contributed by atoms with Crippen molar-refractivity contribution >= 4 is 17.3 Å². The van der Waals surface area contributed by atoms with Crippen LogP contribution in [-0.4, -0.2) is 5.71 Å². The third-order valence-corrected chi connectivity index (χ3v) is 2.29. The molecule has 0 unspecified atom stereocenters. The fourth-order valence-corrected chi connectivity index (χ4v) is 1.65. The molecule has 13 heavy (non-hydrogen) atoms. The number of aryl methyl sites for hydroxylation is 1. The van der Waals surface area contributed by atoms with Crippen molar-refractivity contribution in [2.75, 3.05) is 0 Å². The van der Waals surface area contributed by atoms with Gasteiger partial charge in [-0.3, -0.25) is 0 Å². The first-order chi connectivity index (χ1) is 6.15. The van der Waals surface area contributed by atoms with Crippen LogP contribution in [-0.2, 0) is 6.42 Å². The van der Waals surface area contributed by atoms with E-state index < -0.39 is 0 Å². The van der Waals surface area contributed by atoms with Gasteiger partial charge in [-0.2, -0.15) is 0 Å². The maximum absolute atomic E-state index is 7.46. The highest BCUT2D eigenvalue weighted by atomic mass is 35.5. The van der Waals surface area contributed by atoms with Gasteiger partial charge in [0.15, 0.2) is 0 Å². The maximum atomic E-state index is 7.46. The van der Waals surface area contributed by atoms with Crippen LogP contribution in [0.5, 0.6) is 0 Å². The number of rotatable bonds is 3. The normalized spacial score (nSPS) is 10.1. The van der Waals surface area contributed by atoms with Crippen molar-refractivity contribution in [3.8, 4) is 0 Å². The van der Waals surface area contributed by atoms with E-state index in [1.165, 1.54) is 5.56 Å². The quantitative estimate of drug-likeness (QED) is 0.712. The predicted molar refractivity (Wildman–Crippen MR) is 57.9 cm³/mol. The second-order valence-electron chi connectivity index (χ2n) is 3.19. The van der Waals surface area contributed by atoms with E-state index in [0.29, 0.717) is 10.7 Å². The molecule has 0 saturated carbocycles. The van der Waals surface area contributed by atoms with Crippen molar-refractivity contribution in [2.24, 2.45) is 0 Å². The van der Waals surface area contributed by atoms with Crippen LogP contribution in [0.2, 0.25) is 5.02 Å². The average molecular weight is 196 g/mol. The van der Waals surface area contributed by atoms with Crippen molar-refractivity contribution in [3.63, 3.8) is 0 Å². The van der Waals surface area contributed by atoms with Crippen LogP contribution in [0.3, 0.4) is 0 Å². The van der Waals surface area contributed by atoms with Crippen LogP contribution in [0.1, 0.15) is 31.4 Å². The second-order valence-corrected chi connectivity index (χ2v) is 3.60. The zero-order chi connectivity index (χ0) is 9.84. The van der Waals surface area contributed by atoms with Crippen LogP contribution in [0.4, 0.5) is 0 Å². The van der Waals surface area contributed by atoms with Crippen molar-refractivity contribution in [2.45, 2.75) is 26.7 Å². The smallest absolute Gasteiger partial charge is 0.0499 e. The van der Waals surface area contributed by atoms with Crippen LogP contribution >= 0.6 is 11.6 Å². The van der Waals surface area contributed by atoms with Gasteiger partial charge in [-0.05, 0) is 25.0 Å². The van der Waals surface area contributed by atoms with E-state index >= 15 is 0 Å². The Morgan fingerprint density at radius 1 is 1.46 bits per heavy atom. The minimum absolute atomic E-state index is 0.521. The molecule has 0 bridgehead atoms. The summed E-state index contributed by atoms with van der Waals surface area (Å²) >= 11 is 6.02. The van der Waals surface area contributed by atoms with Crippen molar-refractivity contribution in [3.05, 3.63) is 34.3 Å². The molecule has 0 aliphatic rings. The van der Waals surface area contributed by atoms with Gasteiger partial charge in [0.2, 0.25) is 0 Å². The average Bonchev–Trinajstić information content (AvgIpc) is 2.04. The fourth-order valence-electron chi connectivity index (χ4n) is 1.31. The Hall–Kier alpha value is -0.820. The van der Waals surface area contributed by atoms with Crippen LogP contribution in [0.15, 0.2) is 18.2 Å². The van der Waals surface area contributed by atoms with Gasteiger partial charge in [-0.25, -0.2) is 0 Å². The Labute approximate surface area is 84.2 Å². The lowest BCUT2D eigenvalue weighted by atomic mass is 10.1. The fraction of sp³-hybridized carbons (Fsp3) is 0.364. The highest BCUT2D eigenvalue weighted by Crippen LogP contribution is 2.19. The van der Waals surface area contributed by atoms with Crippen molar-refractivity contribution < 1.29 is 0 Å². The van der Waals surface area contributed by atoms with Gasteiger partial charge < -0.3 is 5.41 Å². The first kappa shape index (κ1) is 10.3. The second kappa shape index (κ2) is 4.43. The highest BCUT2D eigenvalue weighted by Gasteiger charge is 2.02. The lowest BCUT2D eigenvalue weighted by Crippen LogP contribution is -1.94. The number of hydrogen-bond acceptors (Lipinski definition) is 1. The number of halogens is 1. The number of nitrogens with one attached hydrogen (secondary N) is 1. The molecule has 0 atom stereocenters. The van der Waals surface area contributed by atoms with Gasteiger partial charge in [0.1, 0.15) is 0 Å². The molecule has 0 saturated heterocycles. The molecule has 70 valence electrons. The molecule has 0 spiro atoms. The molecule has 0 aliphatic heterocycles. The molecule has 1 rings (SSSR count). The summed E-state index contributed by atoms with van der Waals surface area (Å²) in [5.74, 6) is 0. The van der Waals surface area contributed by atoms with E-state index in [1.54, 1.807) is 6.92 Å². The Balaban J connectivity index is 2.98. The molecule has 0 radical (unpaired) electrons. The topological polar surface area (TPSA) is 23.9 Å². The lowest BCUT2D eigenvalue weighted by molar-refractivity contribution is 0.922. The van der Waals surface area contributed by atoms with Crippen molar-refractivity contribution in [1.82, 2.24) is 0 Å². The highest BCUT2D eigenvalue weighted by molar-refractivity contribution is 6.34. The van der Waals surface area contributed by atoms with Crippen LogP contribution < -0.4 is 0 Å². The molecular weight excluding hydrogens is 182 g/mol. The molecule has 1 aromatic rings. The van der Waals surface area contributed by atoms with E-state index in [0.717, 1.165) is 18.4 Å². The van der Waals surface area contributed by atoms with E-state index in [9.17, 15) is 0 Å². The molecule has 1 nitrogen and oxygen atoms in total. The summed E-state index contributed by atoms with van der Waals surface area (Å²) in [6, 6.07) is 5.93. The van der Waals surface area contributed by atoms with Gasteiger partial charge in [0.05, 0.1) is 0 Å². The van der Waals surface area contributed by atoms with Gasteiger partial charge in [0, 0.05) is 16.3 Å². The van der Waals surface area contributed by atoms with Crippen LogP contribution in [0, 0.1) is 5.41 Å². The molecule has 0 fully saturated rings. The molecule has 0 aliphatic carbocycles. The Bertz CT molecular complexity index is 318. The third-order valence-electron chi connectivity index (χ3n) is 1.98. The number of hydrogen-bond donors (Lipinski definition) is 1. The van der Waals surface area contributed by atoms with E-state index in [4.69, 9.17) is 17.0 Å². The van der Waals surface area contributed by atoms with E-state index in [2.05, 4.69) is 6.92 Å². The summed E-state index contributed by atoms with van der Waals surface area (Å²) in [6.07, 6.45) is 2.18. The Kier molecular flexibility index (Phi) is 3.49. The zero-order valence-corrected chi connectivity index (χ0v) is 8.78. The molecule has 2 heteroatoms. The minimum Gasteiger partial charge on any atom is -0.305 e. The molecule has 1 N–H and O–H groups in total. The lowest BCUT2D eigenvalue weighted by Gasteiger charge is -2.04. The summed E-state index contributed by atoms with van der Waals surface area (Å²) in [5.41, 5.74) is 2.60. The molecule has 0 aromatic heterocycles. The first-order valence-corrected chi connectivity index (χ1v) is 4.87. The van der Waals surface area contributed by atoms with E-state index in [-0.39, 0.29) is 0 Å². The molecular formula is C11H14ClN. The third kappa shape index (κ3) is 2.56. The SMILES string of the molecule is CCCc1ccc(C(C)=N)c(Cl)c1. The predicted octanol–water partition coefficient (Wildman–Crippen LogP) is 3.68. The van der Waals surface area contributed by atoms with Gasteiger partial charge in [-0.1, -0.05) is 37.1 Å². The number of benzene rings is 1. The summed E-state index contributed by atoms with van der Waals surface area (Å²) < 4.78 is 0. The zero-order valence-electron chi connectivity index (χ0n) is 8.02. The molecule has 1 aromatic carbocycles. The maximum Gasteiger partial charge on any atom is 0.0499 e. The summed E-state index contributed by atoms with van der Waals surface area (Å²) in [5, 5.41) is 8.16. The van der Waals surface area contributed by atoms with Gasteiger partial charge >= 0.3 is 0 Å². The van der Waals surface area contributed by atoms with Gasteiger partial charge in [0.25, 0.3) is 0 Å². The van der Waals surface area contributed by atoms with Crippen molar-refractivity contribution in [1.29, 1.82) is 5.41 Å². The van der Waals surface area contributed by atoms with Gasteiger partial charge in [-0.15, -0.1) is 0 Å². The standard InChI is InChI=1S/C11H14ClN/c1-3-4-9-5-6-10(8(2)13)11(12)7-9/h5-7,13H,3-4H2,1-2H3. The molecule has 0 amide bonds. The largest absolute Gasteiger partial charge is 0.305 e. The minimum atomic E-state index is 0.521. The van der Waals surface area contributed by atoms with E-state index in [1.807, 2.05) is 18.2 Å². The monoisotopic (exact) mass is 195 g/mol. The summed E-state index contributed by atoms with van der Waals surface area (Å²) in [7, 11) is 0.